The molecule has 0 N–H and O–H groups in total. The highest BCUT2D eigenvalue weighted by molar-refractivity contribution is 5.75. The molecule has 0 aliphatic carbocycles. The number of likely N-dealkylation sites (N-methyl/N-ethyl adjacent to an activating group) is 1. The number of ether oxygens (including phenoxy) is 1. The molecule has 1 aromatic carbocycles. The molecule has 0 spiro atoms. The van der Waals surface area contributed by atoms with E-state index in [9.17, 15) is 9.18 Å². The highest BCUT2D eigenvalue weighted by Crippen LogP contribution is 2.38. The summed E-state index contributed by atoms with van der Waals surface area (Å²) < 4.78 is 19.1. The van der Waals surface area contributed by atoms with E-state index in [-0.39, 0.29) is 11.9 Å². The van der Waals surface area contributed by atoms with Gasteiger partial charge in [-0.05, 0) is 18.7 Å². The van der Waals surface area contributed by atoms with E-state index in [0.29, 0.717) is 30.8 Å². The molecule has 20 heavy (non-hydrogen) atoms. The Morgan fingerprint density at radius 3 is 2.90 bits per heavy atom. The standard InChI is InChI=1S/C15H17FN2O2/c1-11-15(9-12-5-3-4-6-13(12)16)10-17(2)7-8-18(15)14(19)20-11/h3-6H,1,7-10H2,2H3. The van der Waals surface area contributed by atoms with E-state index in [4.69, 9.17) is 4.74 Å². The number of hydrogen-bond donors (Lipinski definition) is 0. The Morgan fingerprint density at radius 2 is 2.15 bits per heavy atom. The third-order valence-corrected chi connectivity index (χ3v) is 4.14. The number of benzene rings is 1. The van der Waals surface area contributed by atoms with Gasteiger partial charge in [0.2, 0.25) is 0 Å². The highest BCUT2D eigenvalue weighted by Gasteiger charge is 2.53. The van der Waals surface area contributed by atoms with Crippen LogP contribution in [-0.4, -0.2) is 48.1 Å². The van der Waals surface area contributed by atoms with Gasteiger partial charge < -0.3 is 9.64 Å². The number of piperazine rings is 1. The Morgan fingerprint density at radius 1 is 1.40 bits per heavy atom. The average molecular weight is 276 g/mol. The zero-order chi connectivity index (χ0) is 14.3. The molecule has 0 aromatic heterocycles. The molecule has 1 amide bonds. The maximum absolute atomic E-state index is 13.9. The van der Waals surface area contributed by atoms with Crippen molar-refractivity contribution in [3.63, 3.8) is 0 Å². The summed E-state index contributed by atoms with van der Waals surface area (Å²) in [6, 6.07) is 6.63. The van der Waals surface area contributed by atoms with Crippen molar-refractivity contribution in [2.24, 2.45) is 0 Å². The van der Waals surface area contributed by atoms with Crippen LogP contribution in [0.3, 0.4) is 0 Å². The van der Waals surface area contributed by atoms with Gasteiger partial charge in [-0.1, -0.05) is 24.8 Å². The Labute approximate surface area is 117 Å². The first-order valence-corrected chi connectivity index (χ1v) is 6.64. The van der Waals surface area contributed by atoms with Crippen LogP contribution in [0.15, 0.2) is 36.6 Å². The molecule has 4 nitrogen and oxygen atoms in total. The second kappa shape index (κ2) is 4.59. The van der Waals surface area contributed by atoms with Gasteiger partial charge in [0.1, 0.15) is 17.1 Å². The van der Waals surface area contributed by atoms with Gasteiger partial charge in [0, 0.05) is 26.1 Å². The van der Waals surface area contributed by atoms with Gasteiger partial charge in [-0.15, -0.1) is 0 Å². The van der Waals surface area contributed by atoms with Gasteiger partial charge in [0.15, 0.2) is 0 Å². The minimum atomic E-state index is -0.660. The molecule has 2 aliphatic rings. The number of rotatable bonds is 2. The van der Waals surface area contributed by atoms with Crippen LogP contribution >= 0.6 is 0 Å². The second-order valence-corrected chi connectivity index (χ2v) is 5.48. The minimum Gasteiger partial charge on any atom is -0.413 e. The topological polar surface area (TPSA) is 32.8 Å². The lowest BCUT2D eigenvalue weighted by Gasteiger charge is -2.43. The lowest BCUT2D eigenvalue weighted by Crippen LogP contribution is -2.60. The van der Waals surface area contributed by atoms with Crippen molar-refractivity contribution in [3.05, 3.63) is 48.0 Å². The summed E-state index contributed by atoms with van der Waals surface area (Å²) in [5.74, 6) is 0.152. The van der Waals surface area contributed by atoms with E-state index in [1.54, 1.807) is 23.1 Å². The van der Waals surface area contributed by atoms with Gasteiger partial charge in [-0.3, -0.25) is 4.90 Å². The fourth-order valence-corrected chi connectivity index (χ4v) is 3.06. The first kappa shape index (κ1) is 13.1. The van der Waals surface area contributed by atoms with Gasteiger partial charge in [-0.25, -0.2) is 9.18 Å². The molecule has 0 radical (unpaired) electrons. The number of halogens is 1. The predicted molar refractivity (Wildman–Crippen MR) is 72.7 cm³/mol. The van der Waals surface area contributed by atoms with Gasteiger partial charge in [0.25, 0.3) is 0 Å². The Kier molecular flexibility index (Phi) is 3.01. The fourth-order valence-electron chi connectivity index (χ4n) is 3.06. The summed E-state index contributed by atoms with van der Waals surface area (Å²) in [5, 5.41) is 0. The molecule has 3 rings (SSSR count). The molecule has 1 aromatic rings. The molecule has 2 aliphatic heterocycles. The summed E-state index contributed by atoms with van der Waals surface area (Å²) >= 11 is 0. The van der Waals surface area contributed by atoms with E-state index < -0.39 is 5.54 Å². The average Bonchev–Trinajstić information content (AvgIpc) is 2.64. The Bertz CT molecular complexity index is 575. The van der Waals surface area contributed by atoms with Crippen molar-refractivity contribution >= 4 is 6.09 Å². The molecular formula is C15H17FN2O2. The zero-order valence-electron chi connectivity index (χ0n) is 11.4. The van der Waals surface area contributed by atoms with Crippen LogP contribution in [0, 0.1) is 5.82 Å². The van der Waals surface area contributed by atoms with Gasteiger partial charge in [-0.2, -0.15) is 0 Å². The molecule has 2 heterocycles. The third-order valence-electron chi connectivity index (χ3n) is 4.14. The SMILES string of the molecule is C=C1OC(=O)N2CCN(C)CC12Cc1ccccc1F. The summed E-state index contributed by atoms with van der Waals surface area (Å²) in [6.07, 6.45) is 0.00800. The van der Waals surface area contributed by atoms with E-state index in [0.717, 1.165) is 6.54 Å². The van der Waals surface area contributed by atoms with Gasteiger partial charge >= 0.3 is 6.09 Å². The second-order valence-electron chi connectivity index (χ2n) is 5.48. The highest BCUT2D eigenvalue weighted by atomic mass is 19.1. The molecule has 1 atom stereocenters. The zero-order valence-corrected chi connectivity index (χ0v) is 11.4. The van der Waals surface area contributed by atoms with E-state index in [1.165, 1.54) is 6.07 Å². The molecule has 2 saturated heterocycles. The van der Waals surface area contributed by atoms with Crippen LogP contribution in [0.2, 0.25) is 0 Å². The number of amides is 1. The quantitative estimate of drug-likeness (QED) is 0.828. The normalized spacial score (nSPS) is 26.6. The van der Waals surface area contributed by atoms with Crippen LogP contribution in [0.1, 0.15) is 5.56 Å². The molecule has 0 saturated carbocycles. The molecular weight excluding hydrogens is 259 g/mol. The number of carbonyl (C=O) groups is 1. The summed E-state index contributed by atoms with van der Waals surface area (Å²) in [5.41, 5.74) is -0.0843. The van der Waals surface area contributed by atoms with Crippen LogP contribution in [0.5, 0.6) is 0 Å². The maximum Gasteiger partial charge on any atom is 0.415 e. The summed E-state index contributed by atoms with van der Waals surface area (Å²) in [7, 11) is 1.98. The van der Waals surface area contributed by atoms with Crippen molar-refractivity contribution in [1.82, 2.24) is 9.80 Å². The largest absolute Gasteiger partial charge is 0.415 e. The first-order chi connectivity index (χ1) is 9.53. The van der Waals surface area contributed by atoms with Crippen molar-refractivity contribution in [2.45, 2.75) is 12.0 Å². The monoisotopic (exact) mass is 276 g/mol. The van der Waals surface area contributed by atoms with Crippen LogP contribution in [0.25, 0.3) is 0 Å². The Balaban J connectivity index is 2.00. The molecule has 2 fully saturated rings. The first-order valence-electron chi connectivity index (χ1n) is 6.64. The Hall–Kier alpha value is -1.88. The molecule has 0 bridgehead atoms. The van der Waals surface area contributed by atoms with Crippen molar-refractivity contribution in [1.29, 1.82) is 0 Å². The minimum absolute atomic E-state index is 0.262. The number of hydrogen-bond acceptors (Lipinski definition) is 3. The van der Waals surface area contributed by atoms with Gasteiger partial charge in [0.05, 0.1) is 0 Å². The molecule has 1 unspecified atom stereocenters. The van der Waals surface area contributed by atoms with Crippen LogP contribution in [-0.2, 0) is 11.2 Å². The number of fused-ring (bicyclic) bond motifs is 1. The number of cyclic esters (lactones) is 1. The van der Waals surface area contributed by atoms with Crippen molar-refractivity contribution < 1.29 is 13.9 Å². The number of nitrogens with zero attached hydrogens (tertiary/aromatic N) is 2. The summed E-state index contributed by atoms with van der Waals surface area (Å²) in [6.45, 7) is 5.84. The van der Waals surface area contributed by atoms with Crippen molar-refractivity contribution in [3.8, 4) is 0 Å². The van der Waals surface area contributed by atoms with Crippen LogP contribution in [0.4, 0.5) is 9.18 Å². The third kappa shape index (κ3) is 1.89. The molecule has 106 valence electrons. The van der Waals surface area contributed by atoms with E-state index in [2.05, 4.69) is 11.5 Å². The van der Waals surface area contributed by atoms with E-state index >= 15 is 0 Å². The lowest BCUT2D eigenvalue weighted by atomic mass is 9.86. The predicted octanol–water partition coefficient (Wildman–Crippen LogP) is 2.02. The van der Waals surface area contributed by atoms with Crippen LogP contribution < -0.4 is 0 Å². The summed E-state index contributed by atoms with van der Waals surface area (Å²) in [4.78, 5) is 15.7. The fraction of sp³-hybridized carbons (Fsp3) is 0.400. The maximum atomic E-state index is 13.9. The lowest BCUT2D eigenvalue weighted by molar-refractivity contribution is 0.0792. The van der Waals surface area contributed by atoms with Crippen molar-refractivity contribution in [2.75, 3.05) is 26.7 Å². The number of carbonyl (C=O) groups excluding carboxylic acids is 1. The molecule has 5 heteroatoms. The van der Waals surface area contributed by atoms with E-state index in [1.807, 2.05) is 7.05 Å². The smallest absolute Gasteiger partial charge is 0.413 e.